The highest BCUT2D eigenvalue weighted by atomic mass is 32.1. The lowest BCUT2D eigenvalue weighted by molar-refractivity contribution is -0.133. The van der Waals surface area contributed by atoms with Crippen LogP contribution < -0.4 is 0 Å². The number of hydrogen-bond acceptors (Lipinski definition) is 4. The van der Waals surface area contributed by atoms with Crippen LogP contribution in [-0.2, 0) is 4.79 Å². The largest absolute Gasteiger partial charge is 0.341 e. The summed E-state index contributed by atoms with van der Waals surface area (Å²) in [6.07, 6.45) is 3.26. The number of nitrogens with one attached hydrogen (secondary N) is 1. The molecule has 6 nitrogen and oxygen atoms in total. The summed E-state index contributed by atoms with van der Waals surface area (Å²) in [4.78, 5) is 19.3. The van der Waals surface area contributed by atoms with Crippen LogP contribution in [0.4, 0.5) is 0 Å². The maximum absolute atomic E-state index is 13.1. The highest BCUT2D eigenvalue weighted by Crippen LogP contribution is 2.23. The Morgan fingerprint density at radius 1 is 1.29 bits per heavy atom. The third kappa shape index (κ3) is 2.82. The van der Waals surface area contributed by atoms with Crippen LogP contribution >= 0.6 is 12.2 Å². The molecule has 0 aliphatic heterocycles. The number of hydrogen-bond donors (Lipinski definition) is 1. The predicted octanol–water partition coefficient (Wildman–Crippen LogP) is 2.95. The van der Waals surface area contributed by atoms with Crippen molar-refractivity contribution in [2.24, 2.45) is 0 Å². The molecular weight excluding hydrogens is 322 g/mol. The Hall–Kier alpha value is -2.54. The standard InChI is InChI=1S/C17H19N5OS/c1-3-21(4-2)16(23)14(12-8-6-5-7-9-12)22-11-18-15-13(17(22)24)10-19-20-15/h5-11,14H,3-4H2,1-2H3,(H,19,20). The van der Waals surface area contributed by atoms with Gasteiger partial charge in [0.25, 0.3) is 0 Å². The maximum atomic E-state index is 13.1. The van der Waals surface area contributed by atoms with Gasteiger partial charge in [-0.25, -0.2) is 4.98 Å². The Labute approximate surface area is 145 Å². The normalized spacial score (nSPS) is 12.2. The number of aromatic amines is 1. The fourth-order valence-electron chi connectivity index (χ4n) is 2.80. The van der Waals surface area contributed by atoms with Crippen LogP contribution in [0.5, 0.6) is 0 Å². The van der Waals surface area contributed by atoms with Crippen molar-refractivity contribution in [1.29, 1.82) is 0 Å². The molecular formula is C17H19N5OS. The van der Waals surface area contributed by atoms with E-state index < -0.39 is 6.04 Å². The fourth-order valence-corrected chi connectivity index (χ4v) is 3.10. The minimum absolute atomic E-state index is 0.00643. The Bertz CT molecular complexity index is 898. The minimum atomic E-state index is -0.537. The zero-order valence-corrected chi connectivity index (χ0v) is 14.5. The van der Waals surface area contributed by atoms with Gasteiger partial charge in [-0.05, 0) is 19.4 Å². The Morgan fingerprint density at radius 2 is 2.00 bits per heavy atom. The Morgan fingerprint density at radius 3 is 2.67 bits per heavy atom. The zero-order valence-electron chi connectivity index (χ0n) is 13.6. The van der Waals surface area contributed by atoms with Crippen LogP contribution in [0.3, 0.4) is 0 Å². The quantitative estimate of drug-likeness (QED) is 0.725. The first kappa shape index (κ1) is 16.3. The first-order chi connectivity index (χ1) is 11.7. The number of aromatic nitrogens is 4. The number of carbonyl (C=O) groups is 1. The van der Waals surface area contributed by atoms with E-state index in [1.54, 1.807) is 22.0 Å². The monoisotopic (exact) mass is 341 g/mol. The second kappa shape index (κ2) is 6.92. The van der Waals surface area contributed by atoms with Gasteiger partial charge in [0.2, 0.25) is 5.91 Å². The lowest BCUT2D eigenvalue weighted by Gasteiger charge is -2.27. The van der Waals surface area contributed by atoms with Gasteiger partial charge in [0.05, 0.1) is 17.9 Å². The zero-order chi connectivity index (χ0) is 17.1. The SMILES string of the molecule is CCN(CC)C(=O)C(c1ccccc1)n1cnc2[nH]ncc2c1=S. The molecule has 1 aromatic carbocycles. The van der Waals surface area contributed by atoms with Gasteiger partial charge in [-0.1, -0.05) is 42.5 Å². The fraction of sp³-hybridized carbons (Fsp3) is 0.294. The molecule has 0 bridgehead atoms. The van der Waals surface area contributed by atoms with Crippen LogP contribution in [0.15, 0.2) is 42.9 Å². The molecule has 1 amide bonds. The predicted molar refractivity (Wildman–Crippen MR) is 95.2 cm³/mol. The second-order valence-electron chi connectivity index (χ2n) is 5.41. The summed E-state index contributed by atoms with van der Waals surface area (Å²) in [5.41, 5.74) is 1.51. The number of benzene rings is 1. The lowest BCUT2D eigenvalue weighted by Crippen LogP contribution is -2.38. The van der Waals surface area contributed by atoms with Crippen molar-refractivity contribution >= 4 is 29.2 Å². The first-order valence-corrected chi connectivity index (χ1v) is 8.32. The first-order valence-electron chi connectivity index (χ1n) is 7.91. The van der Waals surface area contributed by atoms with Crippen molar-refractivity contribution < 1.29 is 4.79 Å². The Balaban J connectivity index is 2.18. The van der Waals surface area contributed by atoms with Crippen molar-refractivity contribution in [1.82, 2.24) is 24.6 Å². The van der Waals surface area contributed by atoms with Gasteiger partial charge in [-0.15, -0.1) is 0 Å². The molecule has 2 heterocycles. The van der Waals surface area contributed by atoms with Gasteiger partial charge in [0, 0.05) is 13.1 Å². The lowest BCUT2D eigenvalue weighted by atomic mass is 10.1. The molecule has 2 aromatic heterocycles. The van der Waals surface area contributed by atoms with Gasteiger partial charge in [-0.3, -0.25) is 9.89 Å². The average molecular weight is 341 g/mol. The van der Waals surface area contributed by atoms with Crippen molar-refractivity contribution in [3.63, 3.8) is 0 Å². The minimum Gasteiger partial charge on any atom is -0.341 e. The van der Waals surface area contributed by atoms with E-state index in [0.29, 0.717) is 23.4 Å². The van der Waals surface area contributed by atoms with E-state index in [0.717, 1.165) is 10.9 Å². The van der Waals surface area contributed by atoms with Crippen molar-refractivity contribution in [3.05, 3.63) is 53.1 Å². The molecule has 0 radical (unpaired) electrons. The molecule has 1 N–H and O–H groups in total. The van der Waals surface area contributed by atoms with Crippen LogP contribution in [0, 0.1) is 4.64 Å². The molecule has 7 heteroatoms. The van der Waals surface area contributed by atoms with Crippen molar-refractivity contribution in [3.8, 4) is 0 Å². The molecule has 0 saturated heterocycles. The average Bonchev–Trinajstić information content (AvgIpc) is 3.09. The molecule has 0 aliphatic carbocycles. The van der Waals surface area contributed by atoms with Gasteiger partial charge in [0.1, 0.15) is 10.7 Å². The summed E-state index contributed by atoms with van der Waals surface area (Å²) >= 11 is 5.59. The summed E-state index contributed by atoms with van der Waals surface area (Å²) in [6.45, 7) is 5.24. The van der Waals surface area contributed by atoms with E-state index in [4.69, 9.17) is 12.2 Å². The summed E-state index contributed by atoms with van der Waals surface area (Å²) in [6, 6.07) is 9.11. The van der Waals surface area contributed by atoms with E-state index in [2.05, 4.69) is 15.2 Å². The number of nitrogens with zero attached hydrogens (tertiary/aromatic N) is 4. The second-order valence-corrected chi connectivity index (χ2v) is 5.80. The summed E-state index contributed by atoms with van der Waals surface area (Å²) in [5, 5.41) is 7.53. The number of fused-ring (bicyclic) bond motifs is 1. The smallest absolute Gasteiger partial charge is 0.250 e. The van der Waals surface area contributed by atoms with Crippen LogP contribution in [0.1, 0.15) is 25.5 Å². The van der Waals surface area contributed by atoms with E-state index >= 15 is 0 Å². The third-order valence-electron chi connectivity index (χ3n) is 4.10. The van der Waals surface area contributed by atoms with Crippen molar-refractivity contribution in [2.75, 3.05) is 13.1 Å². The number of likely N-dealkylation sites (N-methyl/N-ethyl adjacent to an activating group) is 1. The van der Waals surface area contributed by atoms with Crippen molar-refractivity contribution in [2.45, 2.75) is 19.9 Å². The van der Waals surface area contributed by atoms with E-state index in [-0.39, 0.29) is 5.91 Å². The summed E-state index contributed by atoms with van der Waals surface area (Å²) in [5.74, 6) is 0.00643. The van der Waals surface area contributed by atoms with Crippen LogP contribution in [0.25, 0.3) is 11.0 Å². The molecule has 1 unspecified atom stereocenters. The van der Waals surface area contributed by atoms with E-state index in [9.17, 15) is 4.79 Å². The molecule has 3 rings (SSSR count). The number of rotatable bonds is 5. The molecule has 1 atom stereocenters. The molecule has 0 saturated carbocycles. The molecule has 0 fully saturated rings. The van der Waals surface area contributed by atoms with Gasteiger partial charge in [0.15, 0.2) is 5.65 Å². The highest BCUT2D eigenvalue weighted by Gasteiger charge is 2.27. The third-order valence-corrected chi connectivity index (χ3v) is 4.53. The van der Waals surface area contributed by atoms with E-state index in [1.165, 1.54) is 0 Å². The van der Waals surface area contributed by atoms with Gasteiger partial charge in [-0.2, -0.15) is 5.10 Å². The molecule has 0 aliphatic rings. The van der Waals surface area contributed by atoms with E-state index in [1.807, 2.05) is 44.2 Å². The van der Waals surface area contributed by atoms with Gasteiger partial charge < -0.3 is 9.47 Å². The van der Waals surface area contributed by atoms with Crippen LogP contribution in [-0.4, -0.2) is 43.6 Å². The number of carbonyl (C=O) groups excluding carboxylic acids is 1. The molecule has 0 spiro atoms. The summed E-state index contributed by atoms with van der Waals surface area (Å²) < 4.78 is 2.30. The molecule has 124 valence electrons. The Kier molecular flexibility index (Phi) is 4.71. The topological polar surface area (TPSA) is 66.8 Å². The maximum Gasteiger partial charge on any atom is 0.250 e. The van der Waals surface area contributed by atoms with Gasteiger partial charge >= 0.3 is 0 Å². The molecule has 24 heavy (non-hydrogen) atoms. The highest BCUT2D eigenvalue weighted by molar-refractivity contribution is 7.71. The molecule has 3 aromatic rings. The number of amides is 1. The summed E-state index contributed by atoms with van der Waals surface area (Å²) in [7, 11) is 0. The number of H-pyrrole nitrogens is 1. The van der Waals surface area contributed by atoms with Crippen LogP contribution in [0.2, 0.25) is 0 Å².